The number of fused-ring (bicyclic) bond motifs is 1. The lowest BCUT2D eigenvalue weighted by molar-refractivity contribution is 0.0506. The van der Waals surface area contributed by atoms with E-state index < -0.39 is 17.7 Å². The first kappa shape index (κ1) is 14.4. The number of nitrogens with one attached hydrogen (secondary N) is 1. The number of hydrogen-bond donors (Lipinski definition) is 2. The standard InChI is InChI=1S/C15H19NO4/c1-15(2,3)20-14(19)16-12-7-9-4-5-10(13(17)18)6-11(9)8-12/h4-6,12H,7-8H2,1-3H3,(H,16,19)(H,17,18). The third kappa shape index (κ3) is 3.50. The second kappa shape index (κ2) is 5.15. The maximum Gasteiger partial charge on any atom is 0.407 e. The molecular formula is C15H19NO4. The minimum absolute atomic E-state index is 0.0381. The van der Waals surface area contributed by atoms with E-state index in [1.165, 1.54) is 0 Å². The van der Waals surface area contributed by atoms with Crippen molar-refractivity contribution >= 4 is 12.1 Å². The highest BCUT2D eigenvalue weighted by atomic mass is 16.6. The molecule has 2 N–H and O–H groups in total. The van der Waals surface area contributed by atoms with Crippen molar-refractivity contribution in [3.05, 3.63) is 34.9 Å². The number of alkyl carbamates (subject to hydrolysis) is 1. The molecule has 1 aliphatic carbocycles. The largest absolute Gasteiger partial charge is 0.478 e. The molecule has 5 nitrogen and oxygen atoms in total. The molecule has 0 aliphatic heterocycles. The van der Waals surface area contributed by atoms with Gasteiger partial charge in [-0.2, -0.15) is 0 Å². The van der Waals surface area contributed by atoms with Crippen LogP contribution in [0.5, 0.6) is 0 Å². The van der Waals surface area contributed by atoms with Crippen molar-refractivity contribution in [3.63, 3.8) is 0 Å². The Kier molecular flexibility index (Phi) is 3.70. The summed E-state index contributed by atoms with van der Waals surface area (Å²) in [5.74, 6) is -0.934. The average Bonchev–Trinajstić information content (AvgIpc) is 2.66. The van der Waals surface area contributed by atoms with Crippen LogP contribution in [0.2, 0.25) is 0 Å². The molecule has 1 amide bonds. The SMILES string of the molecule is CC(C)(C)OC(=O)NC1Cc2ccc(C(=O)O)cc2C1. The van der Waals surface area contributed by atoms with E-state index in [9.17, 15) is 9.59 Å². The van der Waals surface area contributed by atoms with E-state index >= 15 is 0 Å². The van der Waals surface area contributed by atoms with Gasteiger partial charge in [0.1, 0.15) is 5.60 Å². The number of carboxylic acids is 1. The minimum Gasteiger partial charge on any atom is -0.478 e. The van der Waals surface area contributed by atoms with Gasteiger partial charge in [-0.1, -0.05) is 6.07 Å². The quantitative estimate of drug-likeness (QED) is 0.870. The molecule has 0 saturated heterocycles. The molecule has 108 valence electrons. The van der Waals surface area contributed by atoms with E-state index in [1.54, 1.807) is 12.1 Å². The first-order chi connectivity index (χ1) is 9.24. The Balaban J connectivity index is 1.99. The van der Waals surface area contributed by atoms with Crippen LogP contribution in [0, 0.1) is 0 Å². The molecule has 0 bridgehead atoms. The molecule has 0 heterocycles. The van der Waals surface area contributed by atoms with Crippen LogP contribution < -0.4 is 5.32 Å². The molecule has 0 radical (unpaired) electrons. The fourth-order valence-corrected chi connectivity index (χ4v) is 2.33. The van der Waals surface area contributed by atoms with Crippen LogP contribution >= 0.6 is 0 Å². The summed E-state index contributed by atoms with van der Waals surface area (Å²) in [5.41, 5.74) is 1.81. The maximum absolute atomic E-state index is 11.7. The van der Waals surface area contributed by atoms with Crippen LogP contribution in [0.3, 0.4) is 0 Å². The Labute approximate surface area is 117 Å². The van der Waals surface area contributed by atoms with Crippen molar-refractivity contribution in [2.75, 3.05) is 0 Å². The molecule has 0 fully saturated rings. The molecule has 1 unspecified atom stereocenters. The van der Waals surface area contributed by atoms with E-state index in [4.69, 9.17) is 9.84 Å². The zero-order valence-electron chi connectivity index (χ0n) is 11.9. The topological polar surface area (TPSA) is 75.6 Å². The average molecular weight is 277 g/mol. The number of ether oxygens (including phenoxy) is 1. The third-order valence-electron chi connectivity index (χ3n) is 3.11. The zero-order chi connectivity index (χ0) is 14.9. The van der Waals surface area contributed by atoms with Gasteiger partial charge in [0.05, 0.1) is 5.56 Å². The van der Waals surface area contributed by atoms with E-state index in [-0.39, 0.29) is 11.6 Å². The molecule has 0 saturated carbocycles. The highest BCUT2D eigenvalue weighted by Gasteiger charge is 2.25. The molecule has 0 spiro atoms. The van der Waals surface area contributed by atoms with Crippen molar-refractivity contribution < 1.29 is 19.4 Å². The first-order valence-electron chi connectivity index (χ1n) is 6.59. The number of carboxylic acid groups (broad SMARTS) is 1. The van der Waals surface area contributed by atoms with Gasteiger partial charge in [-0.25, -0.2) is 9.59 Å². The Hall–Kier alpha value is -2.04. The van der Waals surface area contributed by atoms with Gasteiger partial charge < -0.3 is 15.2 Å². The summed E-state index contributed by atoms with van der Waals surface area (Å²) in [5, 5.41) is 11.8. The predicted molar refractivity (Wildman–Crippen MR) is 74.0 cm³/mol. The number of carbonyl (C=O) groups is 2. The predicted octanol–water partition coefficient (Wildman–Crippen LogP) is 2.38. The second-order valence-corrected chi connectivity index (χ2v) is 6.04. The summed E-state index contributed by atoms with van der Waals surface area (Å²) in [6.45, 7) is 5.44. The number of benzene rings is 1. The smallest absolute Gasteiger partial charge is 0.407 e. The van der Waals surface area contributed by atoms with Gasteiger partial charge >= 0.3 is 12.1 Å². The normalized spacial score (nSPS) is 17.4. The number of aromatic carboxylic acids is 1. The summed E-state index contributed by atoms with van der Waals surface area (Å²) < 4.78 is 5.22. The lowest BCUT2D eigenvalue weighted by Gasteiger charge is -2.21. The number of hydrogen-bond acceptors (Lipinski definition) is 3. The molecular weight excluding hydrogens is 258 g/mol. The first-order valence-corrected chi connectivity index (χ1v) is 6.59. The van der Waals surface area contributed by atoms with Gasteiger partial charge in [-0.05, 0) is 56.9 Å². The Morgan fingerprint density at radius 3 is 2.50 bits per heavy atom. The van der Waals surface area contributed by atoms with Crippen molar-refractivity contribution in [1.82, 2.24) is 5.32 Å². The van der Waals surface area contributed by atoms with E-state index in [0.717, 1.165) is 11.1 Å². The molecule has 1 aliphatic rings. The summed E-state index contributed by atoms with van der Waals surface area (Å²) in [7, 11) is 0. The van der Waals surface area contributed by atoms with Gasteiger partial charge in [0, 0.05) is 6.04 Å². The summed E-state index contributed by atoms with van der Waals surface area (Å²) in [4.78, 5) is 22.6. The summed E-state index contributed by atoms with van der Waals surface area (Å²) in [6, 6.07) is 5.05. The number of amides is 1. The highest BCUT2D eigenvalue weighted by molar-refractivity contribution is 5.88. The minimum atomic E-state index is -0.934. The van der Waals surface area contributed by atoms with E-state index in [0.29, 0.717) is 12.8 Å². The summed E-state index contributed by atoms with van der Waals surface area (Å²) >= 11 is 0. The van der Waals surface area contributed by atoms with Crippen molar-refractivity contribution in [2.45, 2.75) is 45.3 Å². The van der Waals surface area contributed by atoms with Crippen LogP contribution in [0.25, 0.3) is 0 Å². The van der Waals surface area contributed by atoms with Gasteiger partial charge in [0.15, 0.2) is 0 Å². The van der Waals surface area contributed by atoms with Crippen LogP contribution in [0.1, 0.15) is 42.3 Å². The zero-order valence-corrected chi connectivity index (χ0v) is 11.9. The summed E-state index contributed by atoms with van der Waals surface area (Å²) in [6.07, 6.45) is 0.901. The number of carbonyl (C=O) groups excluding carboxylic acids is 1. The second-order valence-electron chi connectivity index (χ2n) is 6.04. The Bertz CT molecular complexity index is 545. The molecule has 2 rings (SSSR count). The Morgan fingerprint density at radius 2 is 1.90 bits per heavy atom. The van der Waals surface area contributed by atoms with Gasteiger partial charge in [0.2, 0.25) is 0 Å². The molecule has 1 atom stereocenters. The van der Waals surface area contributed by atoms with Gasteiger partial charge in [-0.15, -0.1) is 0 Å². The van der Waals surface area contributed by atoms with Crippen molar-refractivity contribution in [2.24, 2.45) is 0 Å². The van der Waals surface area contributed by atoms with Crippen molar-refractivity contribution in [1.29, 1.82) is 0 Å². The van der Waals surface area contributed by atoms with E-state index in [2.05, 4.69) is 5.32 Å². The fraction of sp³-hybridized carbons (Fsp3) is 0.467. The monoisotopic (exact) mass is 277 g/mol. The lowest BCUT2D eigenvalue weighted by atomic mass is 10.1. The van der Waals surface area contributed by atoms with Gasteiger partial charge in [0.25, 0.3) is 0 Å². The lowest BCUT2D eigenvalue weighted by Crippen LogP contribution is -2.39. The molecule has 0 aromatic heterocycles. The van der Waals surface area contributed by atoms with Gasteiger partial charge in [-0.3, -0.25) is 0 Å². The van der Waals surface area contributed by atoms with Crippen LogP contribution in [-0.4, -0.2) is 28.8 Å². The third-order valence-corrected chi connectivity index (χ3v) is 3.11. The van der Waals surface area contributed by atoms with Crippen LogP contribution in [0.15, 0.2) is 18.2 Å². The van der Waals surface area contributed by atoms with Crippen LogP contribution in [-0.2, 0) is 17.6 Å². The fourth-order valence-electron chi connectivity index (χ4n) is 2.33. The number of rotatable bonds is 2. The maximum atomic E-state index is 11.7. The van der Waals surface area contributed by atoms with Crippen LogP contribution in [0.4, 0.5) is 4.79 Å². The molecule has 5 heteroatoms. The molecule has 1 aromatic rings. The van der Waals surface area contributed by atoms with E-state index in [1.807, 2.05) is 26.8 Å². The highest BCUT2D eigenvalue weighted by Crippen LogP contribution is 2.24. The molecule has 1 aromatic carbocycles. The Morgan fingerprint density at radius 1 is 1.25 bits per heavy atom. The molecule has 20 heavy (non-hydrogen) atoms. The van der Waals surface area contributed by atoms with Crippen molar-refractivity contribution in [3.8, 4) is 0 Å².